The standard InChI is InChI=1S/C16H21FO3/c17-14-6-4-12(5-7-14)10-13(15(18)19)11-16(20)8-2-1-3-9-16/h4-7,13,20H,1-3,8-11H2,(H,18,19). The smallest absolute Gasteiger partial charge is 0.306 e. The second-order valence-electron chi connectivity index (χ2n) is 5.85. The van der Waals surface area contributed by atoms with Gasteiger partial charge < -0.3 is 10.2 Å². The molecule has 1 aromatic carbocycles. The molecule has 0 saturated heterocycles. The third-order valence-electron chi connectivity index (χ3n) is 4.16. The van der Waals surface area contributed by atoms with E-state index in [1.54, 1.807) is 12.1 Å². The fourth-order valence-electron chi connectivity index (χ4n) is 3.02. The van der Waals surface area contributed by atoms with Gasteiger partial charge in [0.15, 0.2) is 0 Å². The molecular weight excluding hydrogens is 259 g/mol. The Hall–Kier alpha value is -1.42. The first-order chi connectivity index (χ1) is 9.48. The molecule has 0 spiro atoms. The number of rotatable bonds is 5. The molecule has 0 amide bonds. The molecule has 1 saturated carbocycles. The van der Waals surface area contributed by atoms with Crippen LogP contribution in [0.4, 0.5) is 4.39 Å². The first kappa shape index (κ1) is 15.0. The molecule has 0 bridgehead atoms. The quantitative estimate of drug-likeness (QED) is 0.871. The molecule has 4 heteroatoms. The van der Waals surface area contributed by atoms with Crippen molar-refractivity contribution in [3.63, 3.8) is 0 Å². The van der Waals surface area contributed by atoms with Crippen molar-refractivity contribution in [2.24, 2.45) is 5.92 Å². The average molecular weight is 280 g/mol. The van der Waals surface area contributed by atoms with Crippen molar-refractivity contribution in [3.8, 4) is 0 Å². The van der Waals surface area contributed by atoms with Gasteiger partial charge in [-0.1, -0.05) is 31.4 Å². The normalized spacial score (nSPS) is 19.5. The van der Waals surface area contributed by atoms with Gasteiger partial charge in [0.25, 0.3) is 0 Å². The zero-order valence-corrected chi connectivity index (χ0v) is 11.5. The molecule has 0 aromatic heterocycles. The van der Waals surface area contributed by atoms with Gasteiger partial charge in [-0.25, -0.2) is 4.39 Å². The van der Waals surface area contributed by atoms with E-state index in [1.807, 2.05) is 0 Å². The van der Waals surface area contributed by atoms with Crippen LogP contribution < -0.4 is 0 Å². The lowest BCUT2D eigenvalue weighted by Crippen LogP contribution is -2.36. The number of benzene rings is 1. The van der Waals surface area contributed by atoms with Crippen LogP contribution in [0.2, 0.25) is 0 Å². The number of carboxylic acids is 1. The summed E-state index contributed by atoms with van der Waals surface area (Å²) < 4.78 is 12.9. The Balaban J connectivity index is 2.03. The lowest BCUT2D eigenvalue weighted by atomic mass is 9.77. The van der Waals surface area contributed by atoms with Gasteiger partial charge in [0.05, 0.1) is 11.5 Å². The van der Waals surface area contributed by atoms with Crippen molar-refractivity contribution in [3.05, 3.63) is 35.6 Å². The summed E-state index contributed by atoms with van der Waals surface area (Å²) in [6.07, 6.45) is 4.99. The molecule has 1 aromatic rings. The summed E-state index contributed by atoms with van der Waals surface area (Å²) in [7, 11) is 0. The van der Waals surface area contributed by atoms with E-state index in [9.17, 15) is 19.4 Å². The van der Waals surface area contributed by atoms with E-state index in [1.165, 1.54) is 12.1 Å². The number of carbonyl (C=O) groups is 1. The van der Waals surface area contributed by atoms with Gasteiger partial charge in [0.2, 0.25) is 0 Å². The van der Waals surface area contributed by atoms with Crippen LogP contribution in [0, 0.1) is 11.7 Å². The minimum atomic E-state index is -0.895. The van der Waals surface area contributed by atoms with E-state index in [0.717, 1.165) is 24.8 Å². The summed E-state index contributed by atoms with van der Waals surface area (Å²) in [5.74, 6) is -1.84. The average Bonchev–Trinajstić information content (AvgIpc) is 2.41. The van der Waals surface area contributed by atoms with Gasteiger partial charge >= 0.3 is 5.97 Å². The summed E-state index contributed by atoms with van der Waals surface area (Å²) in [6, 6.07) is 5.89. The molecule has 1 unspecified atom stereocenters. The van der Waals surface area contributed by atoms with E-state index in [4.69, 9.17) is 0 Å². The first-order valence-corrected chi connectivity index (χ1v) is 7.18. The van der Waals surface area contributed by atoms with Gasteiger partial charge in [-0.2, -0.15) is 0 Å². The highest BCUT2D eigenvalue weighted by Crippen LogP contribution is 2.34. The second kappa shape index (κ2) is 6.35. The largest absolute Gasteiger partial charge is 0.481 e. The molecule has 110 valence electrons. The molecule has 2 N–H and O–H groups in total. The van der Waals surface area contributed by atoms with Crippen LogP contribution in [0.25, 0.3) is 0 Å². The van der Waals surface area contributed by atoms with E-state index in [0.29, 0.717) is 19.3 Å². The third-order valence-corrected chi connectivity index (χ3v) is 4.16. The zero-order valence-electron chi connectivity index (χ0n) is 11.5. The van der Waals surface area contributed by atoms with Gasteiger partial charge in [-0.05, 0) is 43.4 Å². The maximum atomic E-state index is 12.9. The number of halogens is 1. The number of hydrogen-bond acceptors (Lipinski definition) is 2. The van der Waals surface area contributed by atoms with Crippen molar-refractivity contribution in [1.29, 1.82) is 0 Å². The molecule has 2 rings (SSSR count). The van der Waals surface area contributed by atoms with Gasteiger partial charge in [-0.3, -0.25) is 4.79 Å². The maximum absolute atomic E-state index is 12.9. The maximum Gasteiger partial charge on any atom is 0.306 e. The Bertz CT molecular complexity index is 449. The van der Waals surface area contributed by atoms with E-state index in [2.05, 4.69) is 0 Å². The van der Waals surface area contributed by atoms with Crippen LogP contribution in [0.5, 0.6) is 0 Å². The van der Waals surface area contributed by atoms with Crippen LogP contribution in [-0.4, -0.2) is 21.8 Å². The SMILES string of the molecule is O=C(O)C(Cc1ccc(F)cc1)CC1(O)CCCCC1. The van der Waals surface area contributed by atoms with Crippen molar-refractivity contribution < 1.29 is 19.4 Å². The van der Waals surface area contributed by atoms with Crippen LogP contribution in [0.3, 0.4) is 0 Å². The van der Waals surface area contributed by atoms with Gasteiger partial charge in [0, 0.05) is 0 Å². The molecule has 1 atom stereocenters. The fraction of sp³-hybridized carbons (Fsp3) is 0.562. The van der Waals surface area contributed by atoms with Crippen LogP contribution in [-0.2, 0) is 11.2 Å². The highest BCUT2D eigenvalue weighted by molar-refractivity contribution is 5.70. The topological polar surface area (TPSA) is 57.5 Å². The fourth-order valence-corrected chi connectivity index (χ4v) is 3.02. The number of carboxylic acid groups (broad SMARTS) is 1. The molecule has 0 heterocycles. The molecule has 0 radical (unpaired) electrons. The number of hydrogen-bond donors (Lipinski definition) is 2. The lowest BCUT2D eigenvalue weighted by Gasteiger charge is -2.34. The molecular formula is C16H21FO3. The molecule has 0 aliphatic heterocycles. The summed E-state index contributed by atoms with van der Waals surface area (Å²) in [4.78, 5) is 11.4. The zero-order chi connectivity index (χ0) is 14.6. The Kier molecular flexibility index (Phi) is 4.76. The van der Waals surface area contributed by atoms with Crippen LogP contribution >= 0.6 is 0 Å². The summed E-state index contributed by atoms with van der Waals surface area (Å²) in [6.45, 7) is 0. The van der Waals surface area contributed by atoms with Crippen molar-refractivity contribution in [2.45, 2.75) is 50.5 Å². The van der Waals surface area contributed by atoms with Crippen LogP contribution in [0.1, 0.15) is 44.1 Å². The highest BCUT2D eigenvalue weighted by Gasteiger charge is 2.34. The number of aliphatic hydroxyl groups is 1. The van der Waals surface area contributed by atoms with E-state index in [-0.39, 0.29) is 12.2 Å². The first-order valence-electron chi connectivity index (χ1n) is 7.18. The minimum Gasteiger partial charge on any atom is -0.481 e. The van der Waals surface area contributed by atoms with Crippen molar-refractivity contribution >= 4 is 5.97 Å². The Labute approximate surface area is 118 Å². The van der Waals surface area contributed by atoms with Gasteiger partial charge in [0.1, 0.15) is 5.82 Å². The molecule has 20 heavy (non-hydrogen) atoms. The summed E-state index contributed by atoms with van der Waals surface area (Å²) in [5, 5.41) is 19.8. The third kappa shape index (κ3) is 4.04. The Morgan fingerprint density at radius 1 is 1.20 bits per heavy atom. The molecule has 1 aliphatic carbocycles. The number of aliphatic carboxylic acids is 1. The van der Waals surface area contributed by atoms with Crippen LogP contribution in [0.15, 0.2) is 24.3 Å². The Morgan fingerprint density at radius 3 is 2.35 bits per heavy atom. The molecule has 1 aliphatic rings. The summed E-state index contributed by atoms with van der Waals surface area (Å²) >= 11 is 0. The second-order valence-corrected chi connectivity index (χ2v) is 5.85. The van der Waals surface area contributed by atoms with E-state index < -0.39 is 17.5 Å². The molecule has 1 fully saturated rings. The minimum absolute atomic E-state index is 0.277. The Morgan fingerprint density at radius 2 is 1.80 bits per heavy atom. The lowest BCUT2D eigenvalue weighted by molar-refractivity contribution is -0.145. The van der Waals surface area contributed by atoms with Crippen molar-refractivity contribution in [1.82, 2.24) is 0 Å². The molecule has 3 nitrogen and oxygen atoms in total. The van der Waals surface area contributed by atoms with Gasteiger partial charge in [-0.15, -0.1) is 0 Å². The summed E-state index contributed by atoms with van der Waals surface area (Å²) in [5.41, 5.74) is -0.0559. The predicted octanol–water partition coefficient (Wildman–Crippen LogP) is 3.15. The predicted molar refractivity (Wildman–Crippen MR) is 73.9 cm³/mol. The monoisotopic (exact) mass is 280 g/mol. The highest BCUT2D eigenvalue weighted by atomic mass is 19.1. The van der Waals surface area contributed by atoms with E-state index >= 15 is 0 Å². The van der Waals surface area contributed by atoms with Crippen molar-refractivity contribution in [2.75, 3.05) is 0 Å².